The van der Waals surface area contributed by atoms with Gasteiger partial charge in [0, 0.05) is 53.0 Å². The van der Waals surface area contributed by atoms with Crippen molar-refractivity contribution in [3.8, 4) is 11.1 Å². The molecule has 130 valence electrons. The molecule has 4 aromatic rings. The molecular weight excluding hydrogens is 326 g/mol. The number of rotatable bonds is 4. The molecule has 0 saturated heterocycles. The van der Waals surface area contributed by atoms with Gasteiger partial charge < -0.3 is 10.3 Å². The number of fused-ring (bicyclic) bond motifs is 1. The van der Waals surface area contributed by atoms with E-state index in [1.54, 1.807) is 30.7 Å². The van der Waals surface area contributed by atoms with Crippen LogP contribution < -0.4 is 5.32 Å². The minimum absolute atomic E-state index is 0.155. The summed E-state index contributed by atoms with van der Waals surface area (Å²) >= 11 is 0. The van der Waals surface area contributed by atoms with E-state index < -0.39 is 0 Å². The zero-order chi connectivity index (χ0) is 18.1. The van der Waals surface area contributed by atoms with Crippen molar-refractivity contribution in [2.45, 2.75) is 19.9 Å². The van der Waals surface area contributed by atoms with Crippen LogP contribution in [0.3, 0.4) is 0 Å². The molecule has 0 spiro atoms. The third kappa shape index (κ3) is 2.97. The Morgan fingerprint density at radius 1 is 1.15 bits per heavy atom. The van der Waals surface area contributed by atoms with Gasteiger partial charge in [-0.3, -0.25) is 14.5 Å². The van der Waals surface area contributed by atoms with Crippen LogP contribution in [-0.2, 0) is 0 Å². The molecule has 0 unspecified atom stereocenters. The summed E-state index contributed by atoms with van der Waals surface area (Å²) in [7, 11) is 0. The normalized spacial score (nSPS) is 11.2. The molecule has 1 amide bonds. The van der Waals surface area contributed by atoms with Gasteiger partial charge in [-0.1, -0.05) is 6.07 Å². The first-order valence-corrected chi connectivity index (χ1v) is 8.49. The third-order valence-electron chi connectivity index (χ3n) is 4.33. The molecule has 0 aliphatic heterocycles. The van der Waals surface area contributed by atoms with Crippen molar-refractivity contribution in [2.24, 2.45) is 0 Å². The molecular formula is C20H19N5O. The fourth-order valence-electron chi connectivity index (χ4n) is 2.89. The molecule has 1 aromatic carbocycles. The molecule has 0 saturated carbocycles. The van der Waals surface area contributed by atoms with Crippen molar-refractivity contribution in [1.82, 2.24) is 19.7 Å². The third-order valence-corrected chi connectivity index (χ3v) is 4.33. The zero-order valence-electron chi connectivity index (χ0n) is 14.6. The first kappa shape index (κ1) is 16.1. The molecule has 2 N–H and O–H groups in total. The Bertz CT molecular complexity index is 1060. The second kappa shape index (κ2) is 6.48. The fraction of sp³-hybridized carbons (Fsp3) is 0.150. The maximum Gasteiger partial charge on any atom is 0.257 e. The van der Waals surface area contributed by atoms with Gasteiger partial charge in [0.1, 0.15) is 0 Å². The van der Waals surface area contributed by atoms with Crippen LogP contribution in [0.4, 0.5) is 5.69 Å². The highest BCUT2D eigenvalue weighted by Gasteiger charge is 2.14. The van der Waals surface area contributed by atoms with E-state index in [0.29, 0.717) is 17.3 Å². The molecule has 6 nitrogen and oxygen atoms in total. The molecule has 0 aliphatic carbocycles. The van der Waals surface area contributed by atoms with Crippen LogP contribution in [-0.4, -0.2) is 25.7 Å². The lowest BCUT2D eigenvalue weighted by atomic mass is 10.0. The van der Waals surface area contributed by atoms with E-state index in [9.17, 15) is 4.79 Å². The standard InChI is InChI=1S/C20H19N5O/c1-13(2)25-12-15(10-23-25)14-3-4-19-17(9-14)18(11-22-19)20(26)24-16-5-7-21-8-6-16/h3-13,22H,1-2H3,(H,21,24,26). The topological polar surface area (TPSA) is 75.6 Å². The summed E-state index contributed by atoms with van der Waals surface area (Å²) in [6.07, 6.45) is 8.91. The number of aromatic amines is 1. The Labute approximate surface area is 150 Å². The smallest absolute Gasteiger partial charge is 0.257 e. The Kier molecular flexibility index (Phi) is 4.01. The minimum Gasteiger partial charge on any atom is -0.360 e. The molecule has 6 heteroatoms. The summed E-state index contributed by atoms with van der Waals surface area (Å²) in [6.45, 7) is 4.18. The number of H-pyrrole nitrogens is 1. The summed E-state index contributed by atoms with van der Waals surface area (Å²) < 4.78 is 1.92. The van der Waals surface area contributed by atoms with Gasteiger partial charge in [0.2, 0.25) is 0 Å². The molecule has 0 radical (unpaired) electrons. The van der Waals surface area contributed by atoms with Gasteiger partial charge in [-0.2, -0.15) is 5.10 Å². The van der Waals surface area contributed by atoms with E-state index in [-0.39, 0.29) is 5.91 Å². The number of anilines is 1. The van der Waals surface area contributed by atoms with Crippen molar-refractivity contribution < 1.29 is 4.79 Å². The Hall–Kier alpha value is -3.41. The number of benzene rings is 1. The number of carbonyl (C=O) groups excluding carboxylic acids is 1. The van der Waals surface area contributed by atoms with Crippen molar-refractivity contribution in [2.75, 3.05) is 5.32 Å². The van der Waals surface area contributed by atoms with Crippen LogP contribution in [0.2, 0.25) is 0 Å². The highest BCUT2D eigenvalue weighted by Crippen LogP contribution is 2.27. The van der Waals surface area contributed by atoms with E-state index in [0.717, 1.165) is 22.0 Å². The van der Waals surface area contributed by atoms with Gasteiger partial charge in [-0.05, 0) is 43.7 Å². The van der Waals surface area contributed by atoms with Crippen LogP contribution in [0.5, 0.6) is 0 Å². The molecule has 0 atom stereocenters. The second-order valence-electron chi connectivity index (χ2n) is 6.46. The summed E-state index contributed by atoms with van der Waals surface area (Å²) in [5.74, 6) is -0.155. The van der Waals surface area contributed by atoms with Crippen molar-refractivity contribution in [1.29, 1.82) is 0 Å². The molecule has 4 rings (SSSR count). The first-order valence-electron chi connectivity index (χ1n) is 8.49. The van der Waals surface area contributed by atoms with E-state index in [1.807, 2.05) is 35.3 Å². The predicted molar refractivity (Wildman–Crippen MR) is 102 cm³/mol. The SMILES string of the molecule is CC(C)n1cc(-c2ccc3[nH]cc(C(=O)Nc4ccncc4)c3c2)cn1. The van der Waals surface area contributed by atoms with Gasteiger partial charge in [0.05, 0.1) is 11.8 Å². The van der Waals surface area contributed by atoms with E-state index >= 15 is 0 Å². The van der Waals surface area contributed by atoms with Crippen LogP contribution in [0.25, 0.3) is 22.0 Å². The minimum atomic E-state index is -0.155. The van der Waals surface area contributed by atoms with Crippen LogP contribution in [0.1, 0.15) is 30.2 Å². The van der Waals surface area contributed by atoms with Crippen LogP contribution >= 0.6 is 0 Å². The lowest BCUT2D eigenvalue weighted by molar-refractivity contribution is 0.102. The number of amides is 1. The summed E-state index contributed by atoms with van der Waals surface area (Å²) in [6, 6.07) is 9.87. The van der Waals surface area contributed by atoms with Gasteiger partial charge in [-0.15, -0.1) is 0 Å². The van der Waals surface area contributed by atoms with Crippen molar-refractivity contribution >= 4 is 22.5 Å². The average Bonchev–Trinajstić information content (AvgIpc) is 3.29. The van der Waals surface area contributed by atoms with Crippen molar-refractivity contribution in [3.05, 3.63) is 66.9 Å². The number of carbonyl (C=O) groups is 1. The highest BCUT2D eigenvalue weighted by molar-refractivity contribution is 6.13. The van der Waals surface area contributed by atoms with Crippen LogP contribution in [0, 0.1) is 0 Å². The Morgan fingerprint density at radius 3 is 2.69 bits per heavy atom. The van der Waals surface area contributed by atoms with E-state index in [4.69, 9.17) is 0 Å². The number of pyridine rings is 1. The Balaban J connectivity index is 1.69. The maximum atomic E-state index is 12.7. The lowest BCUT2D eigenvalue weighted by Gasteiger charge is -2.05. The number of nitrogens with zero attached hydrogens (tertiary/aromatic N) is 3. The monoisotopic (exact) mass is 345 g/mol. The summed E-state index contributed by atoms with van der Waals surface area (Å²) in [4.78, 5) is 19.8. The quantitative estimate of drug-likeness (QED) is 0.580. The van der Waals surface area contributed by atoms with E-state index in [1.165, 1.54) is 0 Å². The number of aromatic nitrogens is 4. The maximum absolute atomic E-state index is 12.7. The molecule has 0 aliphatic rings. The highest BCUT2D eigenvalue weighted by atomic mass is 16.1. The zero-order valence-corrected chi connectivity index (χ0v) is 14.6. The van der Waals surface area contributed by atoms with Crippen molar-refractivity contribution in [3.63, 3.8) is 0 Å². The van der Waals surface area contributed by atoms with Gasteiger partial charge in [-0.25, -0.2) is 0 Å². The fourth-order valence-corrected chi connectivity index (χ4v) is 2.89. The first-order chi connectivity index (χ1) is 12.6. The summed E-state index contributed by atoms with van der Waals surface area (Å²) in [5.41, 5.74) is 4.30. The lowest BCUT2D eigenvalue weighted by Crippen LogP contribution is -2.11. The molecule has 26 heavy (non-hydrogen) atoms. The van der Waals surface area contributed by atoms with Gasteiger partial charge in [0.15, 0.2) is 0 Å². The van der Waals surface area contributed by atoms with Crippen LogP contribution in [0.15, 0.2) is 61.3 Å². The summed E-state index contributed by atoms with van der Waals surface area (Å²) in [5, 5.41) is 8.18. The number of hydrogen-bond donors (Lipinski definition) is 2. The molecule has 3 heterocycles. The number of nitrogens with one attached hydrogen (secondary N) is 2. The Morgan fingerprint density at radius 2 is 1.96 bits per heavy atom. The van der Waals surface area contributed by atoms with Gasteiger partial charge >= 0.3 is 0 Å². The average molecular weight is 345 g/mol. The second-order valence-corrected chi connectivity index (χ2v) is 6.46. The largest absolute Gasteiger partial charge is 0.360 e. The molecule has 0 fully saturated rings. The predicted octanol–water partition coefficient (Wildman–Crippen LogP) is 4.26. The number of hydrogen-bond acceptors (Lipinski definition) is 3. The van der Waals surface area contributed by atoms with E-state index in [2.05, 4.69) is 34.2 Å². The molecule has 3 aromatic heterocycles. The van der Waals surface area contributed by atoms with Gasteiger partial charge in [0.25, 0.3) is 5.91 Å². The molecule has 0 bridgehead atoms.